The molecule has 9 heteroatoms. The van der Waals surface area contributed by atoms with Gasteiger partial charge in [-0.3, -0.25) is 10.1 Å². The third kappa shape index (κ3) is 4.12. The van der Waals surface area contributed by atoms with E-state index in [1.54, 1.807) is 19.1 Å². The first-order valence-electron chi connectivity index (χ1n) is 7.02. The molecule has 2 rings (SSSR count). The molecule has 0 unspecified atom stereocenters. The summed E-state index contributed by atoms with van der Waals surface area (Å²) in [6, 6.07) is 5.95. The first-order chi connectivity index (χ1) is 10.8. The van der Waals surface area contributed by atoms with E-state index >= 15 is 0 Å². The van der Waals surface area contributed by atoms with E-state index in [-0.39, 0.29) is 10.5 Å². The van der Waals surface area contributed by atoms with Crippen LogP contribution in [0.25, 0.3) is 0 Å². The fraction of sp³-hybridized carbons (Fsp3) is 0.357. The van der Waals surface area contributed by atoms with Crippen molar-refractivity contribution in [1.82, 2.24) is 14.5 Å². The molecule has 23 heavy (non-hydrogen) atoms. The molecule has 1 heterocycles. The van der Waals surface area contributed by atoms with Crippen LogP contribution in [0.2, 0.25) is 0 Å². The summed E-state index contributed by atoms with van der Waals surface area (Å²) in [5, 5.41) is 11.4. The summed E-state index contributed by atoms with van der Waals surface area (Å²) >= 11 is 1.25. The number of anilines is 1. The maximum Gasteiger partial charge on any atom is 0.257 e. The minimum absolute atomic E-state index is 0.0922. The number of rotatable bonds is 6. The van der Waals surface area contributed by atoms with Gasteiger partial charge >= 0.3 is 0 Å². The van der Waals surface area contributed by atoms with Gasteiger partial charge < -0.3 is 0 Å². The average molecular weight is 354 g/mol. The molecule has 0 fully saturated rings. The van der Waals surface area contributed by atoms with E-state index < -0.39 is 15.9 Å². The monoisotopic (exact) mass is 354 g/mol. The quantitative estimate of drug-likeness (QED) is 0.858. The number of carbonyl (C=O) groups excluding carboxylic acids is 1. The first-order valence-corrected chi connectivity index (χ1v) is 9.28. The predicted octanol–water partition coefficient (Wildman–Crippen LogP) is 2.13. The number of benzene rings is 1. The molecular formula is C14H18N4O3S2. The van der Waals surface area contributed by atoms with E-state index in [0.29, 0.717) is 18.1 Å². The zero-order valence-electron chi connectivity index (χ0n) is 13.1. The topological polar surface area (TPSA) is 92.3 Å². The van der Waals surface area contributed by atoms with Gasteiger partial charge in [0.15, 0.2) is 0 Å². The van der Waals surface area contributed by atoms with Crippen LogP contribution in [0.1, 0.15) is 28.7 Å². The highest BCUT2D eigenvalue weighted by atomic mass is 32.2. The Balaban J connectivity index is 2.24. The lowest BCUT2D eigenvalue weighted by Crippen LogP contribution is -2.27. The average Bonchev–Trinajstić information content (AvgIpc) is 2.92. The van der Waals surface area contributed by atoms with Crippen LogP contribution in [-0.2, 0) is 10.0 Å². The molecular weight excluding hydrogens is 336 g/mol. The van der Waals surface area contributed by atoms with E-state index in [0.717, 1.165) is 5.01 Å². The minimum atomic E-state index is -3.60. The molecule has 0 aliphatic rings. The van der Waals surface area contributed by atoms with Gasteiger partial charge in [0.25, 0.3) is 5.91 Å². The molecule has 0 aliphatic heterocycles. The molecule has 0 atom stereocenters. The van der Waals surface area contributed by atoms with Crippen molar-refractivity contribution in [2.45, 2.75) is 25.2 Å². The predicted molar refractivity (Wildman–Crippen MR) is 89.1 cm³/mol. The zero-order valence-corrected chi connectivity index (χ0v) is 14.7. The Labute approximate surface area is 139 Å². The SMILES string of the molecule is CCCN(C)S(=O)(=O)c1cccc(C(=O)Nc2nnc(C)s2)c1. The van der Waals surface area contributed by atoms with Crippen LogP contribution in [0.3, 0.4) is 0 Å². The number of hydrogen-bond acceptors (Lipinski definition) is 6. The Morgan fingerprint density at radius 3 is 2.70 bits per heavy atom. The number of hydrogen-bond donors (Lipinski definition) is 1. The molecule has 0 saturated heterocycles. The molecule has 0 saturated carbocycles. The number of aryl methyl sites for hydroxylation is 1. The van der Waals surface area contributed by atoms with Crippen LogP contribution in [0, 0.1) is 6.92 Å². The third-order valence-corrected chi connectivity index (χ3v) is 5.70. The first kappa shape index (κ1) is 17.5. The molecule has 124 valence electrons. The van der Waals surface area contributed by atoms with E-state index in [2.05, 4.69) is 15.5 Å². The Morgan fingerprint density at radius 1 is 1.35 bits per heavy atom. The second-order valence-electron chi connectivity index (χ2n) is 4.93. The molecule has 1 N–H and O–H groups in total. The Morgan fingerprint density at radius 2 is 2.09 bits per heavy atom. The Hall–Kier alpha value is -1.84. The van der Waals surface area contributed by atoms with E-state index in [1.807, 2.05) is 6.92 Å². The van der Waals surface area contributed by atoms with Gasteiger partial charge in [0, 0.05) is 19.2 Å². The van der Waals surface area contributed by atoms with Crippen LogP contribution in [0.4, 0.5) is 5.13 Å². The van der Waals surface area contributed by atoms with Crippen LogP contribution < -0.4 is 5.32 Å². The molecule has 7 nitrogen and oxygen atoms in total. The number of sulfonamides is 1. The number of amides is 1. The molecule has 1 aromatic heterocycles. The van der Waals surface area contributed by atoms with Crippen LogP contribution in [-0.4, -0.2) is 42.4 Å². The molecule has 0 aliphatic carbocycles. The summed E-state index contributed by atoms with van der Waals surface area (Å²) in [6.07, 6.45) is 0.715. The lowest BCUT2D eigenvalue weighted by atomic mass is 10.2. The maximum absolute atomic E-state index is 12.4. The van der Waals surface area contributed by atoms with Crippen molar-refractivity contribution >= 4 is 32.4 Å². The van der Waals surface area contributed by atoms with E-state index in [9.17, 15) is 13.2 Å². The maximum atomic E-state index is 12.4. The molecule has 1 amide bonds. The van der Waals surface area contributed by atoms with Gasteiger partial charge in [-0.1, -0.05) is 24.3 Å². The lowest BCUT2D eigenvalue weighted by molar-refractivity contribution is 0.102. The summed E-state index contributed by atoms with van der Waals surface area (Å²) in [6.45, 7) is 4.10. The second-order valence-corrected chi connectivity index (χ2v) is 8.16. The van der Waals surface area contributed by atoms with Crippen molar-refractivity contribution in [2.75, 3.05) is 18.9 Å². The van der Waals surface area contributed by atoms with Gasteiger partial charge in [-0.25, -0.2) is 12.7 Å². The molecule has 1 aromatic carbocycles. The summed E-state index contributed by atoms with van der Waals surface area (Å²) in [4.78, 5) is 12.3. The van der Waals surface area contributed by atoms with Crippen molar-refractivity contribution in [3.63, 3.8) is 0 Å². The van der Waals surface area contributed by atoms with Gasteiger partial charge in [0.05, 0.1) is 4.90 Å². The minimum Gasteiger partial charge on any atom is -0.296 e. The fourth-order valence-corrected chi connectivity index (χ4v) is 3.83. The van der Waals surface area contributed by atoms with Gasteiger partial charge in [0.1, 0.15) is 5.01 Å². The number of nitrogens with one attached hydrogen (secondary N) is 1. The number of nitrogens with zero attached hydrogens (tertiary/aromatic N) is 3. The highest BCUT2D eigenvalue weighted by Gasteiger charge is 2.21. The van der Waals surface area contributed by atoms with Crippen LogP contribution in [0.5, 0.6) is 0 Å². The van der Waals surface area contributed by atoms with Crippen molar-refractivity contribution in [3.05, 3.63) is 34.8 Å². The van der Waals surface area contributed by atoms with Gasteiger partial charge in [-0.05, 0) is 31.5 Å². The molecule has 0 radical (unpaired) electrons. The third-order valence-electron chi connectivity index (χ3n) is 3.09. The molecule has 0 spiro atoms. The van der Waals surface area contributed by atoms with E-state index in [4.69, 9.17) is 0 Å². The van der Waals surface area contributed by atoms with Crippen LogP contribution >= 0.6 is 11.3 Å². The fourth-order valence-electron chi connectivity index (χ4n) is 1.93. The molecule has 0 bridgehead atoms. The largest absolute Gasteiger partial charge is 0.296 e. The summed E-state index contributed by atoms with van der Waals surface area (Å²) in [5.41, 5.74) is 0.254. The number of aromatic nitrogens is 2. The Bertz CT molecular complexity index is 802. The molecule has 2 aromatic rings. The second kappa shape index (κ2) is 7.16. The summed E-state index contributed by atoms with van der Waals surface area (Å²) in [5.74, 6) is -0.420. The standard InChI is InChI=1S/C14H18N4O3S2/c1-4-8-18(3)23(20,21)12-7-5-6-11(9-12)13(19)15-14-17-16-10(2)22-14/h5-7,9H,4,8H2,1-3H3,(H,15,17,19). The van der Waals surface area contributed by atoms with Crippen molar-refractivity contribution in [1.29, 1.82) is 0 Å². The number of carbonyl (C=O) groups is 1. The van der Waals surface area contributed by atoms with Crippen molar-refractivity contribution in [3.8, 4) is 0 Å². The lowest BCUT2D eigenvalue weighted by Gasteiger charge is -2.16. The van der Waals surface area contributed by atoms with E-state index in [1.165, 1.54) is 34.8 Å². The van der Waals surface area contributed by atoms with Crippen molar-refractivity contribution in [2.24, 2.45) is 0 Å². The van der Waals surface area contributed by atoms with Gasteiger partial charge in [-0.15, -0.1) is 10.2 Å². The zero-order chi connectivity index (χ0) is 17.0. The van der Waals surface area contributed by atoms with Gasteiger partial charge in [-0.2, -0.15) is 0 Å². The highest BCUT2D eigenvalue weighted by molar-refractivity contribution is 7.89. The van der Waals surface area contributed by atoms with Crippen LogP contribution in [0.15, 0.2) is 29.2 Å². The summed E-state index contributed by atoms with van der Waals surface area (Å²) < 4.78 is 26.1. The normalized spacial score (nSPS) is 11.7. The van der Waals surface area contributed by atoms with Gasteiger partial charge in [0.2, 0.25) is 15.2 Å². The Kier molecular flexibility index (Phi) is 5.45. The highest BCUT2D eigenvalue weighted by Crippen LogP contribution is 2.18. The van der Waals surface area contributed by atoms with Crippen molar-refractivity contribution < 1.29 is 13.2 Å². The summed E-state index contributed by atoms with van der Waals surface area (Å²) in [7, 11) is -2.07. The smallest absolute Gasteiger partial charge is 0.257 e.